The first-order valence-corrected chi connectivity index (χ1v) is 6.96. The molecule has 2 aromatic carbocycles. The number of aryl methyl sites for hydroxylation is 1. The van der Waals surface area contributed by atoms with Crippen LogP contribution in [0.25, 0.3) is 0 Å². The van der Waals surface area contributed by atoms with Crippen molar-refractivity contribution in [2.75, 3.05) is 0 Å². The molecule has 19 heavy (non-hydrogen) atoms. The fourth-order valence-electron chi connectivity index (χ4n) is 2.21. The molecular weight excluding hydrogens is 256 g/mol. The summed E-state index contributed by atoms with van der Waals surface area (Å²) in [6.45, 7) is 3.95. The molecule has 2 aromatic rings. The summed E-state index contributed by atoms with van der Waals surface area (Å²) in [7, 11) is 0. The lowest BCUT2D eigenvalue weighted by atomic mass is 9.88. The molecule has 0 aromatic heterocycles. The lowest BCUT2D eigenvalue weighted by Gasteiger charge is -2.24. The maximum absolute atomic E-state index is 10.7. The van der Waals surface area contributed by atoms with Gasteiger partial charge in [-0.3, -0.25) is 0 Å². The van der Waals surface area contributed by atoms with Crippen molar-refractivity contribution >= 4 is 11.6 Å². The molecule has 1 unspecified atom stereocenters. The van der Waals surface area contributed by atoms with Crippen molar-refractivity contribution in [1.82, 2.24) is 0 Å². The Hall–Kier alpha value is -1.31. The van der Waals surface area contributed by atoms with Gasteiger partial charge in [0, 0.05) is 11.4 Å². The molecule has 0 radical (unpaired) electrons. The van der Waals surface area contributed by atoms with Gasteiger partial charge >= 0.3 is 0 Å². The van der Waals surface area contributed by atoms with Crippen LogP contribution in [0.4, 0.5) is 0 Å². The molecule has 0 aliphatic heterocycles. The highest BCUT2D eigenvalue weighted by Gasteiger charge is 2.24. The molecule has 0 fully saturated rings. The predicted octanol–water partition coefficient (Wildman–Crippen LogP) is 4.35. The summed E-state index contributed by atoms with van der Waals surface area (Å²) in [6, 6.07) is 15.8. The quantitative estimate of drug-likeness (QED) is 0.879. The average Bonchev–Trinajstić information content (AvgIpc) is 2.41. The van der Waals surface area contributed by atoms with Crippen molar-refractivity contribution < 1.29 is 5.11 Å². The Balaban J connectivity index is 2.24. The van der Waals surface area contributed by atoms with Gasteiger partial charge in [-0.1, -0.05) is 61.0 Å². The molecule has 1 N–H and O–H groups in total. The molecule has 0 aliphatic rings. The van der Waals surface area contributed by atoms with Crippen molar-refractivity contribution in [2.45, 2.75) is 32.3 Å². The zero-order valence-corrected chi connectivity index (χ0v) is 12.1. The molecule has 0 spiro atoms. The standard InChI is InChI=1S/C17H19ClO/c1-3-13-8-10-15(11-9-13)17(2,19)12-14-6-4-5-7-16(14)18/h4-11,19H,3,12H2,1-2H3. The molecule has 100 valence electrons. The maximum atomic E-state index is 10.7. The zero-order chi connectivity index (χ0) is 13.9. The third-order valence-corrected chi connectivity index (χ3v) is 3.85. The van der Waals surface area contributed by atoms with E-state index < -0.39 is 5.60 Å². The van der Waals surface area contributed by atoms with Gasteiger partial charge in [-0.25, -0.2) is 0 Å². The van der Waals surface area contributed by atoms with Crippen molar-refractivity contribution in [3.63, 3.8) is 0 Å². The van der Waals surface area contributed by atoms with E-state index in [0.29, 0.717) is 11.4 Å². The normalized spacial score (nSPS) is 14.1. The van der Waals surface area contributed by atoms with Gasteiger partial charge in [0.25, 0.3) is 0 Å². The summed E-state index contributed by atoms with van der Waals surface area (Å²) in [6.07, 6.45) is 1.52. The minimum Gasteiger partial charge on any atom is -0.385 e. The van der Waals surface area contributed by atoms with Gasteiger partial charge in [0.05, 0.1) is 5.60 Å². The van der Waals surface area contributed by atoms with E-state index in [2.05, 4.69) is 19.1 Å². The molecule has 0 saturated heterocycles. The number of rotatable bonds is 4. The largest absolute Gasteiger partial charge is 0.385 e. The van der Waals surface area contributed by atoms with Gasteiger partial charge in [0.1, 0.15) is 0 Å². The van der Waals surface area contributed by atoms with Crippen LogP contribution in [-0.4, -0.2) is 5.11 Å². The van der Waals surface area contributed by atoms with Crippen LogP contribution in [-0.2, 0) is 18.4 Å². The first kappa shape index (κ1) is 14.1. The third-order valence-electron chi connectivity index (χ3n) is 3.48. The third kappa shape index (κ3) is 3.37. The molecular formula is C17H19ClO. The molecule has 1 nitrogen and oxygen atoms in total. The van der Waals surface area contributed by atoms with E-state index in [-0.39, 0.29) is 0 Å². The monoisotopic (exact) mass is 274 g/mol. The molecule has 2 rings (SSSR count). The highest BCUT2D eigenvalue weighted by Crippen LogP contribution is 2.28. The second-order valence-corrected chi connectivity index (χ2v) is 5.50. The molecule has 0 saturated carbocycles. The van der Waals surface area contributed by atoms with Crippen molar-refractivity contribution in [3.8, 4) is 0 Å². The fourth-order valence-corrected chi connectivity index (χ4v) is 2.42. The van der Waals surface area contributed by atoms with E-state index >= 15 is 0 Å². The van der Waals surface area contributed by atoms with Gasteiger partial charge in [-0.05, 0) is 36.1 Å². The zero-order valence-electron chi connectivity index (χ0n) is 11.4. The number of benzene rings is 2. The van der Waals surface area contributed by atoms with Crippen molar-refractivity contribution in [3.05, 3.63) is 70.2 Å². The van der Waals surface area contributed by atoms with Crippen LogP contribution in [0.1, 0.15) is 30.5 Å². The lowest BCUT2D eigenvalue weighted by Crippen LogP contribution is -2.24. The second kappa shape index (κ2) is 5.77. The number of halogens is 1. The topological polar surface area (TPSA) is 20.2 Å². The van der Waals surface area contributed by atoms with Crippen LogP contribution < -0.4 is 0 Å². The Morgan fingerprint density at radius 2 is 1.68 bits per heavy atom. The Morgan fingerprint density at radius 1 is 1.05 bits per heavy atom. The molecule has 2 heteroatoms. The van der Waals surface area contributed by atoms with Crippen molar-refractivity contribution in [2.24, 2.45) is 0 Å². The van der Waals surface area contributed by atoms with Crippen LogP contribution in [0.3, 0.4) is 0 Å². The minimum absolute atomic E-state index is 0.512. The van der Waals surface area contributed by atoms with E-state index in [0.717, 1.165) is 17.5 Å². The SMILES string of the molecule is CCc1ccc(C(C)(O)Cc2ccccc2Cl)cc1. The summed E-state index contributed by atoms with van der Waals surface area (Å²) in [5.41, 5.74) is 2.26. The van der Waals surface area contributed by atoms with Gasteiger partial charge in [-0.15, -0.1) is 0 Å². The minimum atomic E-state index is -0.905. The number of hydrogen-bond acceptors (Lipinski definition) is 1. The molecule has 1 atom stereocenters. The predicted molar refractivity (Wildman–Crippen MR) is 80.5 cm³/mol. The van der Waals surface area contributed by atoms with Crippen LogP contribution in [0.2, 0.25) is 5.02 Å². The van der Waals surface area contributed by atoms with Gasteiger partial charge in [-0.2, -0.15) is 0 Å². The average molecular weight is 275 g/mol. The smallest absolute Gasteiger partial charge is 0.0909 e. The highest BCUT2D eigenvalue weighted by atomic mass is 35.5. The molecule has 0 aliphatic carbocycles. The Morgan fingerprint density at radius 3 is 2.26 bits per heavy atom. The molecule has 0 bridgehead atoms. The Kier molecular flexibility index (Phi) is 4.28. The second-order valence-electron chi connectivity index (χ2n) is 5.09. The summed E-state index contributed by atoms with van der Waals surface area (Å²) < 4.78 is 0. The first-order valence-electron chi connectivity index (χ1n) is 6.58. The van der Waals surface area contributed by atoms with Crippen LogP contribution in [0.15, 0.2) is 48.5 Å². The van der Waals surface area contributed by atoms with Crippen LogP contribution in [0.5, 0.6) is 0 Å². The van der Waals surface area contributed by atoms with Gasteiger partial charge < -0.3 is 5.11 Å². The summed E-state index contributed by atoms with van der Waals surface area (Å²) >= 11 is 6.15. The summed E-state index contributed by atoms with van der Waals surface area (Å²) in [5.74, 6) is 0. The fraction of sp³-hybridized carbons (Fsp3) is 0.294. The van der Waals surface area contributed by atoms with Gasteiger partial charge in [0.2, 0.25) is 0 Å². The van der Waals surface area contributed by atoms with Crippen molar-refractivity contribution in [1.29, 1.82) is 0 Å². The van der Waals surface area contributed by atoms with E-state index in [9.17, 15) is 5.11 Å². The maximum Gasteiger partial charge on any atom is 0.0909 e. The highest BCUT2D eigenvalue weighted by molar-refractivity contribution is 6.31. The Labute approximate surface area is 119 Å². The van der Waals surface area contributed by atoms with Crippen LogP contribution >= 0.6 is 11.6 Å². The molecule has 0 heterocycles. The Bertz CT molecular complexity index is 543. The molecule has 0 amide bonds. The van der Waals surface area contributed by atoms with E-state index in [1.54, 1.807) is 0 Å². The summed E-state index contributed by atoms with van der Waals surface area (Å²) in [5, 5.41) is 11.4. The van der Waals surface area contributed by atoms with E-state index in [1.807, 2.05) is 43.3 Å². The lowest BCUT2D eigenvalue weighted by molar-refractivity contribution is 0.0576. The van der Waals surface area contributed by atoms with Crippen LogP contribution in [0, 0.1) is 0 Å². The number of hydrogen-bond donors (Lipinski definition) is 1. The number of aliphatic hydroxyl groups is 1. The van der Waals surface area contributed by atoms with Gasteiger partial charge in [0.15, 0.2) is 0 Å². The summed E-state index contributed by atoms with van der Waals surface area (Å²) in [4.78, 5) is 0. The van der Waals surface area contributed by atoms with E-state index in [1.165, 1.54) is 5.56 Å². The first-order chi connectivity index (χ1) is 9.03. The van der Waals surface area contributed by atoms with E-state index in [4.69, 9.17) is 11.6 Å².